The number of ether oxygens (including phenoxy) is 5. The summed E-state index contributed by atoms with van der Waals surface area (Å²) < 4.78 is 27.7. The molecule has 3 rings (SSSR count). The van der Waals surface area contributed by atoms with E-state index in [9.17, 15) is 4.79 Å². The third kappa shape index (κ3) is 3.47. The van der Waals surface area contributed by atoms with Gasteiger partial charge in [0.05, 0.1) is 6.61 Å². The monoisotopic (exact) mass is 308 g/mol. The van der Waals surface area contributed by atoms with Gasteiger partial charge in [-0.1, -0.05) is 30.3 Å². The first-order valence-electron chi connectivity index (χ1n) is 7.31. The zero-order valence-corrected chi connectivity index (χ0v) is 12.6. The van der Waals surface area contributed by atoms with Crippen molar-refractivity contribution in [3.05, 3.63) is 35.9 Å². The molecule has 0 amide bonds. The maximum Gasteiger partial charge on any atom is 0.302 e. The number of benzene rings is 1. The van der Waals surface area contributed by atoms with E-state index in [4.69, 9.17) is 23.7 Å². The van der Waals surface area contributed by atoms with Crippen LogP contribution in [-0.2, 0) is 35.1 Å². The van der Waals surface area contributed by atoms with Crippen LogP contribution in [0.3, 0.4) is 0 Å². The van der Waals surface area contributed by atoms with Crippen molar-refractivity contribution in [2.24, 2.45) is 0 Å². The summed E-state index contributed by atoms with van der Waals surface area (Å²) >= 11 is 0. The Labute approximate surface area is 129 Å². The van der Waals surface area contributed by atoms with E-state index in [1.54, 1.807) is 7.11 Å². The van der Waals surface area contributed by atoms with Crippen molar-refractivity contribution in [1.29, 1.82) is 0 Å². The number of esters is 1. The quantitative estimate of drug-likeness (QED) is 0.582. The standard InChI is InChI=1S/C16H20O6/c1-10(17)19-9-12-13(14-15(22-14)16(18-2)21-12)20-8-11-6-4-3-5-7-11/h3-7,12-16H,8-9H2,1-2H3/t12-,13-,14+,15+,16+/m0/s1. The Morgan fingerprint density at radius 2 is 1.95 bits per heavy atom. The molecule has 1 aromatic rings. The summed E-state index contributed by atoms with van der Waals surface area (Å²) in [7, 11) is 1.57. The van der Waals surface area contributed by atoms with E-state index in [1.807, 2.05) is 30.3 Å². The predicted octanol–water partition coefficient (Wildman–Crippen LogP) is 1.27. The molecule has 6 heteroatoms. The first-order chi connectivity index (χ1) is 10.7. The van der Waals surface area contributed by atoms with Crippen molar-refractivity contribution in [2.45, 2.75) is 44.2 Å². The van der Waals surface area contributed by atoms with Crippen molar-refractivity contribution in [1.82, 2.24) is 0 Å². The molecule has 120 valence electrons. The number of hydrogen-bond acceptors (Lipinski definition) is 6. The largest absolute Gasteiger partial charge is 0.463 e. The number of epoxide rings is 1. The number of hydrogen-bond donors (Lipinski definition) is 0. The molecule has 0 radical (unpaired) electrons. The summed E-state index contributed by atoms with van der Waals surface area (Å²) in [5.74, 6) is -0.349. The second-order valence-corrected chi connectivity index (χ2v) is 5.41. The van der Waals surface area contributed by atoms with Gasteiger partial charge in [0.15, 0.2) is 6.29 Å². The molecule has 0 bridgehead atoms. The lowest BCUT2D eigenvalue weighted by atomic mass is 10.0. The summed E-state index contributed by atoms with van der Waals surface area (Å²) in [6.07, 6.45) is -1.32. The average Bonchev–Trinajstić information content (AvgIpc) is 3.32. The minimum absolute atomic E-state index is 0.0806. The van der Waals surface area contributed by atoms with Gasteiger partial charge in [0.2, 0.25) is 0 Å². The summed E-state index contributed by atoms with van der Waals surface area (Å²) in [4.78, 5) is 11.0. The molecule has 0 aliphatic carbocycles. The molecule has 6 nitrogen and oxygen atoms in total. The fourth-order valence-electron chi connectivity index (χ4n) is 2.65. The van der Waals surface area contributed by atoms with E-state index in [0.717, 1.165) is 5.56 Å². The SMILES string of the molecule is CO[C@@H]1O[C@@H](COC(C)=O)[C@H](OCc2ccccc2)[C@H]2O[C@@H]12. The van der Waals surface area contributed by atoms with Gasteiger partial charge in [0.25, 0.3) is 0 Å². The number of carbonyl (C=O) groups excluding carboxylic acids is 1. The number of rotatable bonds is 6. The number of methoxy groups -OCH3 is 1. The molecule has 0 saturated carbocycles. The molecule has 2 aliphatic heterocycles. The zero-order chi connectivity index (χ0) is 15.5. The lowest BCUT2D eigenvalue weighted by Gasteiger charge is -2.32. The summed E-state index contributed by atoms with van der Waals surface area (Å²) in [6.45, 7) is 1.95. The molecule has 2 aliphatic rings. The molecular weight excluding hydrogens is 288 g/mol. The van der Waals surface area contributed by atoms with E-state index in [0.29, 0.717) is 6.61 Å². The Balaban J connectivity index is 1.62. The normalized spacial score (nSPS) is 33.1. The van der Waals surface area contributed by atoms with Crippen molar-refractivity contribution >= 4 is 5.97 Å². The van der Waals surface area contributed by atoms with Gasteiger partial charge < -0.3 is 23.7 Å². The number of carbonyl (C=O) groups is 1. The van der Waals surface area contributed by atoms with Gasteiger partial charge in [0.1, 0.15) is 31.0 Å². The maximum atomic E-state index is 11.0. The Morgan fingerprint density at radius 1 is 1.18 bits per heavy atom. The summed E-state index contributed by atoms with van der Waals surface area (Å²) in [5.41, 5.74) is 1.07. The molecule has 5 atom stereocenters. The number of fused-ring (bicyclic) bond motifs is 1. The van der Waals surface area contributed by atoms with Crippen LogP contribution < -0.4 is 0 Å². The average molecular weight is 308 g/mol. The molecule has 1 aromatic carbocycles. The van der Waals surface area contributed by atoms with Crippen LogP contribution in [0.2, 0.25) is 0 Å². The highest BCUT2D eigenvalue weighted by Crippen LogP contribution is 2.39. The van der Waals surface area contributed by atoms with E-state index in [1.165, 1.54) is 6.92 Å². The first kappa shape index (κ1) is 15.4. The molecule has 0 unspecified atom stereocenters. The van der Waals surface area contributed by atoms with Crippen LogP contribution in [0.15, 0.2) is 30.3 Å². The zero-order valence-electron chi connectivity index (χ0n) is 12.6. The highest BCUT2D eigenvalue weighted by Gasteiger charge is 2.59. The van der Waals surface area contributed by atoms with Gasteiger partial charge in [-0.15, -0.1) is 0 Å². The van der Waals surface area contributed by atoms with E-state index in [-0.39, 0.29) is 30.9 Å². The van der Waals surface area contributed by atoms with Crippen LogP contribution in [0, 0.1) is 0 Å². The van der Waals surface area contributed by atoms with Crippen molar-refractivity contribution < 1.29 is 28.5 Å². The maximum absolute atomic E-state index is 11.0. The van der Waals surface area contributed by atoms with Gasteiger partial charge in [-0.3, -0.25) is 4.79 Å². The van der Waals surface area contributed by atoms with Crippen LogP contribution in [-0.4, -0.2) is 50.4 Å². The van der Waals surface area contributed by atoms with Gasteiger partial charge in [0, 0.05) is 14.0 Å². The minimum atomic E-state index is -0.442. The fourth-order valence-corrected chi connectivity index (χ4v) is 2.65. The second kappa shape index (κ2) is 6.75. The van der Waals surface area contributed by atoms with Crippen LogP contribution in [0.5, 0.6) is 0 Å². The summed E-state index contributed by atoms with van der Waals surface area (Å²) in [5, 5.41) is 0. The lowest BCUT2D eigenvalue weighted by molar-refractivity contribution is -0.221. The van der Waals surface area contributed by atoms with Crippen molar-refractivity contribution in [3.8, 4) is 0 Å². The van der Waals surface area contributed by atoms with Crippen LogP contribution >= 0.6 is 0 Å². The molecular formula is C16H20O6. The van der Waals surface area contributed by atoms with E-state index in [2.05, 4.69) is 0 Å². The van der Waals surface area contributed by atoms with E-state index < -0.39 is 12.4 Å². The van der Waals surface area contributed by atoms with Gasteiger partial charge in [-0.25, -0.2) is 0 Å². The van der Waals surface area contributed by atoms with Crippen LogP contribution in [0.1, 0.15) is 12.5 Å². The van der Waals surface area contributed by atoms with Crippen LogP contribution in [0.25, 0.3) is 0 Å². The predicted molar refractivity (Wildman–Crippen MR) is 76.0 cm³/mol. The Morgan fingerprint density at radius 3 is 2.64 bits per heavy atom. The second-order valence-electron chi connectivity index (χ2n) is 5.41. The molecule has 2 fully saturated rings. The van der Waals surface area contributed by atoms with Gasteiger partial charge in [-0.05, 0) is 5.56 Å². The Kier molecular flexibility index (Phi) is 4.73. The molecule has 2 heterocycles. The van der Waals surface area contributed by atoms with Crippen LogP contribution in [0.4, 0.5) is 0 Å². The smallest absolute Gasteiger partial charge is 0.302 e. The highest BCUT2D eigenvalue weighted by atomic mass is 16.8. The first-order valence-corrected chi connectivity index (χ1v) is 7.31. The van der Waals surface area contributed by atoms with E-state index >= 15 is 0 Å². The highest BCUT2D eigenvalue weighted by molar-refractivity contribution is 5.65. The van der Waals surface area contributed by atoms with Gasteiger partial charge >= 0.3 is 5.97 Å². The van der Waals surface area contributed by atoms with Gasteiger partial charge in [-0.2, -0.15) is 0 Å². The molecule has 22 heavy (non-hydrogen) atoms. The Bertz CT molecular complexity index is 505. The third-order valence-electron chi connectivity index (χ3n) is 3.80. The fraction of sp³-hybridized carbons (Fsp3) is 0.562. The summed E-state index contributed by atoms with van der Waals surface area (Å²) in [6, 6.07) is 9.87. The Hall–Kier alpha value is -1.47. The topological polar surface area (TPSA) is 66.5 Å². The lowest BCUT2D eigenvalue weighted by Crippen LogP contribution is -2.49. The van der Waals surface area contributed by atoms with Crippen molar-refractivity contribution in [3.63, 3.8) is 0 Å². The van der Waals surface area contributed by atoms with Crippen molar-refractivity contribution in [2.75, 3.05) is 13.7 Å². The third-order valence-corrected chi connectivity index (χ3v) is 3.80. The molecule has 0 aromatic heterocycles. The molecule has 0 spiro atoms. The minimum Gasteiger partial charge on any atom is -0.463 e. The molecule has 0 N–H and O–H groups in total. The molecule has 2 saturated heterocycles.